The van der Waals surface area contributed by atoms with Crippen LogP contribution < -0.4 is 5.32 Å². The second-order valence-corrected chi connectivity index (χ2v) is 3.32. The van der Waals surface area contributed by atoms with Gasteiger partial charge in [-0.3, -0.25) is 4.98 Å². The number of urea groups is 1. The molecule has 0 aliphatic carbocycles. The Bertz CT molecular complexity index is 297. The molecule has 2 amide bonds. The number of aromatic nitrogens is 1. The van der Waals surface area contributed by atoms with Crippen LogP contribution >= 0.6 is 0 Å². The molecule has 1 unspecified atom stereocenters. The van der Waals surface area contributed by atoms with Crippen LogP contribution in [-0.2, 0) is 0 Å². The Morgan fingerprint density at radius 3 is 2.71 bits per heavy atom. The molecule has 14 heavy (non-hydrogen) atoms. The molecule has 0 aromatic carbocycles. The van der Waals surface area contributed by atoms with Crippen molar-refractivity contribution in [2.45, 2.75) is 13.0 Å². The van der Waals surface area contributed by atoms with Crippen molar-refractivity contribution in [3.8, 4) is 0 Å². The molecule has 0 bridgehead atoms. The van der Waals surface area contributed by atoms with Gasteiger partial charge in [0.15, 0.2) is 0 Å². The minimum atomic E-state index is -0.108. The van der Waals surface area contributed by atoms with Crippen molar-refractivity contribution >= 4 is 6.03 Å². The van der Waals surface area contributed by atoms with Crippen LogP contribution in [0.15, 0.2) is 24.4 Å². The molecule has 0 spiro atoms. The third-order valence-electron chi connectivity index (χ3n) is 1.88. The summed E-state index contributed by atoms with van der Waals surface area (Å²) in [5.41, 5.74) is 0.864. The van der Waals surface area contributed by atoms with E-state index in [0.717, 1.165) is 5.69 Å². The second-order valence-electron chi connectivity index (χ2n) is 3.32. The molecule has 0 saturated carbocycles. The highest BCUT2D eigenvalue weighted by molar-refractivity contribution is 5.73. The molecule has 1 atom stereocenters. The zero-order valence-electron chi connectivity index (χ0n) is 8.69. The fourth-order valence-corrected chi connectivity index (χ4v) is 1.02. The summed E-state index contributed by atoms with van der Waals surface area (Å²) in [6, 6.07) is 5.47. The lowest BCUT2D eigenvalue weighted by Gasteiger charge is -2.17. The Hall–Kier alpha value is -1.58. The van der Waals surface area contributed by atoms with Crippen molar-refractivity contribution in [1.29, 1.82) is 0 Å². The van der Waals surface area contributed by atoms with E-state index in [4.69, 9.17) is 0 Å². The molecule has 1 heterocycles. The summed E-state index contributed by atoms with van der Waals surface area (Å²) in [6.07, 6.45) is 1.72. The predicted molar refractivity (Wildman–Crippen MR) is 54.9 cm³/mol. The molecule has 76 valence electrons. The third kappa shape index (κ3) is 2.73. The molecule has 4 nitrogen and oxygen atoms in total. The number of hydrogen-bond acceptors (Lipinski definition) is 2. The summed E-state index contributed by atoms with van der Waals surface area (Å²) in [7, 11) is 3.42. The smallest absolute Gasteiger partial charge is 0.317 e. The molecule has 0 aliphatic heterocycles. The number of amides is 2. The monoisotopic (exact) mass is 193 g/mol. The summed E-state index contributed by atoms with van der Waals surface area (Å²) in [6.45, 7) is 1.91. The zero-order valence-corrected chi connectivity index (χ0v) is 8.69. The zero-order chi connectivity index (χ0) is 10.6. The van der Waals surface area contributed by atoms with Crippen LogP contribution in [0.25, 0.3) is 0 Å². The lowest BCUT2D eigenvalue weighted by molar-refractivity contribution is 0.214. The molecule has 0 fully saturated rings. The number of nitrogens with zero attached hydrogens (tertiary/aromatic N) is 2. The van der Waals surface area contributed by atoms with E-state index in [1.165, 1.54) is 4.90 Å². The largest absolute Gasteiger partial charge is 0.331 e. The van der Waals surface area contributed by atoms with Crippen LogP contribution in [0, 0.1) is 0 Å². The van der Waals surface area contributed by atoms with Crippen LogP contribution in [0.5, 0.6) is 0 Å². The van der Waals surface area contributed by atoms with Gasteiger partial charge >= 0.3 is 6.03 Å². The first kappa shape index (κ1) is 10.5. The lowest BCUT2D eigenvalue weighted by Crippen LogP contribution is -2.36. The lowest BCUT2D eigenvalue weighted by atomic mass is 10.2. The Labute approximate surface area is 83.9 Å². The maximum absolute atomic E-state index is 11.3. The minimum absolute atomic E-state index is 0.0638. The molecule has 0 radical (unpaired) electrons. The minimum Gasteiger partial charge on any atom is -0.331 e. The van der Waals surface area contributed by atoms with E-state index in [9.17, 15) is 4.79 Å². The molecular formula is C10H15N3O. The van der Waals surface area contributed by atoms with Crippen LogP contribution in [0.1, 0.15) is 18.7 Å². The van der Waals surface area contributed by atoms with E-state index in [1.807, 2.05) is 25.1 Å². The molecule has 1 rings (SSSR count). The van der Waals surface area contributed by atoms with E-state index >= 15 is 0 Å². The van der Waals surface area contributed by atoms with Gasteiger partial charge in [0, 0.05) is 20.3 Å². The molecular weight excluding hydrogens is 178 g/mol. The summed E-state index contributed by atoms with van der Waals surface area (Å²) >= 11 is 0. The van der Waals surface area contributed by atoms with Gasteiger partial charge in [-0.05, 0) is 19.1 Å². The summed E-state index contributed by atoms with van der Waals surface area (Å²) < 4.78 is 0. The number of rotatable bonds is 2. The normalized spacial score (nSPS) is 11.9. The average Bonchev–Trinajstić information content (AvgIpc) is 2.19. The Kier molecular flexibility index (Phi) is 3.45. The summed E-state index contributed by atoms with van der Waals surface area (Å²) in [5.74, 6) is 0. The average molecular weight is 193 g/mol. The van der Waals surface area contributed by atoms with Gasteiger partial charge in [0.25, 0.3) is 0 Å². The quantitative estimate of drug-likeness (QED) is 0.772. The maximum Gasteiger partial charge on any atom is 0.317 e. The van der Waals surface area contributed by atoms with Gasteiger partial charge < -0.3 is 10.2 Å². The summed E-state index contributed by atoms with van der Waals surface area (Å²) in [4.78, 5) is 17.0. The standard InChI is InChI=1S/C10H15N3O/c1-8(12-10(14)13(2)3)9-6-4-5-7-11-9/h4-8H,1-3H3,(H,12,14). The first-order valence-corrected chi connectivity index (χ1v) is 4.50. The van der Waals surface area contributed by atoms with Gasteiger partial charge in [-0.15, -0.1) is 0 Å². The molecule has 4 heteroatoms. The van der Waals surface area contributed by atoms with Crippen molar-refractivity contribution in [2.24, 2.45) is 0 Å². The molecule has 1 aromatic heterocycles. The van der Waals surface area contributed by atoms with Crippen molar-refractivity contribution in [2.75, 3.05) is 14.1 Å². The first-order chi connectivity index (χ1) is 6.61. The van der Waals surface area contributed by atoms with Crippen LogP contribution in [0.4, 0.5) is 4.79 Å². The topological polar surface area (TPSA) is 45.2 Å². The van der Waals surface area contributed by atoms with Crippen molar-refractivity contribution < 1.29 is 4.79 Å². The van der Waals surface area contributed by atoms with Gasteiger partial charge in [0.1, 0.15) is 0 Å². The number of carbonyl (C=O) groups is 1. The molecule has 0 aliphatic rings. The van der Waals surface area contributed by atoms with Gasteiger partial charge in [-0.25, -0.2) is 4.79 Å². The molecule has 1 aromatic rings. The number of carbonyl (C=O) groups excluding carboxylic acids is 1. The number of hydrogen-bond donors (Lipinski definition) is 1. The van der Waals surface area contributed by atoms with Crippen molar-refractivity contribution in [1.82, 2.24) is 15.2 Å². The van der Waals surface area contributed by atoms with Crippen molar-refractivity contribution in [3.63, 3.8) is 0 Å². The number of nitrogens with one attached hydrogen (secondary N) is 1. The van der Waals surface area contributed by atoms with Gasteiger partial charge in [0.2, 0.25) is 0 Å². The highest BCUT2D eigenvalue weighted by Crippen LogP contribution is 2.07. The van der Waals surface area contributed by atoms with Gasteiger partial charge in [-0.2, -0.15) is 0 Å². The Morgan fingerprint density at radius 2 is 2.21 bits per heavy atom. The molecule has 0 saturated heterocycles. The summed E-state index contributed by atoms with van der Waals surface area (Å²) in [5, 5.41) is 2.82. The highest BCUT2D eigenvalue weighted by atomic mass is 16.2. The van der Waals surface area contributed by atoms with Gasteiger partial charge in [0.05, 0.1) is 11.7 Å². The second kappa shape index (κ2) is 4.60. The number of pyridine rings is 1. The Balaban J connectivity index is 2.59. The fourth-order valence-electron chi connectivity index (χ4n) is 1.02. The van der Waals surface area contributed by atoms with E-state index in [2.05, 4.69) is 10.3 Å². The Morgan fingerprint density at radius 1 is 1.50 bits per heavy atom. The maximum atomic E-state index is 11.3. The molecule has 1 N–H and O–H groups in total. The van der Waals surface area contributed by atoms with E-state index in [-0.39, 0.29) is 12.1 Å². The van der Waals surface area contributed by atoms with E-state index in [1.54, 1.807) is 20.3 Å². The third-order valence-corrected chi connectivity index (χ3v) is 1.88. The predicted octanol–water partition coefficient (Wildman–Crippen LogP) is 1.41. The van der Waals surface area contributed by atoms with Crippen LogP contribution in [0.2, 0.25) is 0 Å². The van der Waals surface area contributed by atoms with Gasteiger partial charge in [-0.1, -0.05) is 6.07 Å². The SMILES string of the molecule is CC(NC(=O)N(C)C)c1ccccn1. The van der Waals surface area contributed by atoms with Crippen LogP contribution in [0.3, 0.4) is 0 Å². The fraction of sp³-hybridized carbons (Fsp3) is 0.400. The first-order valence-electron chi connectivity index (χ1n) is 4.50. The van der Waals surface area contributed by atoms with Crippen molar-refractivity contribution in [3.05, 3.63) is 30.1 Å². The van der Waals surface area contributed by atoms with E-state index in [0.29, 0.717) is 0 Å². The van der Waals surface area contributed by atoms with Crippen LogP contribution in [-0.4, -0.2) is 30.0 Å². The highest BCUT2D eigenvalue weighted by Gasteiger charge is 2.10. The van der Waals surface area contributed by atoms with E-state index < -0.39 is 0 Å².